The molecule has 4 N–H and O–H groups in total. The van der Waals surface area contributed by atoms with Gasteiger partial charge in [-0.25, -0.2) is 9.97 Å². The molecule has 1 unspecified atom stereocenters. The molecule has 166 valence electrons. The van der Waals surface area contributed by atoms with Crippen LogP contribution in [0.4, 0.5) is 5.13 Å². The van der Waals surface area contributed by atoms with Crippen LogP contribution < -0.4 is 45.7 Å². The third kappa shape index (κ3) is 4.85. The van der Waals surface area contributed by atoms with Crippen molar-refractivity contribution in [2.24, 2.45) is 5.16 Å². The largest absolute Gasteiger partial charge is 1.00 e. The molecule has 2 aromatic heterocycles. The van der Waals surface area contributed by atoms with Crippen LogP contribution in [0.1, 0.15) is 16.3 Å². The summed E-state index contributed by atoms with van der Waals surface area (Å²) in [6, 6.07) is -0.996. The van der Waals surface area contributed by atoms with E-state index in [-0.39, 0.29) is 46.1 Å². The SMILES string of the molecule is Cc1ncsc1C=CC1=C(C(=O)[O-])N2C(=O)C(NC(=O)C(=NO)c3csc(N)n3)[C@H]2SC1.[Na+]. The van der Waals surface area contributed by atoms with Gasteiger partial charge in [0.1, 0.15) is 17.1 Å². The fraction of sp³-hybridized carbons (Fsp3) is 0.222. The molecule has 1 saturated heterocycles. The Morgan fingerprint density at radius 1 is 1.39 bits per heavy atom. The molecule has 0 radical (unpaired) electrons. The predicted octanol–water partition coefficient (Wildman–Crippen LogP) is -3.21. The summed E-state index contributed by atoms with van der Waals surface area (Å²) in [5.41, 5.74) is 7.90. The van der Waals surface area contributed by atoms with Gasteiger partial charge in [0.2, 0.25) is 0 Å². The Hall–Kier alpha value is -2.23. The molecule has 0 spiro atoms. The van der Waals surface area contributed by atoms with Crippen molar-refractivity contribution in [3.8, 4) is 0 Å². The molecular weight excluding hydrogens is 499 g/mol. The van der Waals surface area contributed by atoms with Gasteiger partial charge in [0.15, 0.2) is 10.8 Å². The normalized spacial score (nSPS) is 20.3. The quantitative estimate of drug-likeness (QED) is 0.118. The number of aryl methyl sites for hydroxylation is 1. The van der Waals surface area contributed by atoms with E-state index in [0.29, 0.717) is 11.3 Å². The van der Waals surface area contributed by atoms with Crippen molar-refractivity contribution >= 4 is 69.1 Å². The minimum Gasteiger partial charge on any atom is -0.543 e. The van der Waals surface area contributed by atoms with Crippen molar-refractivity contribution in [1.82, 2.24) is 20.2 Å². The molecule has 0 saturated carbocycles. The topological polar surface area (TPSA) is 174 Å². The number of nitrogen functional groups attached to an aromatic ring is 1. The number of aliphatic carboxylic acids is 1. The van der Waals surface area contributed by atoms with Gasteiger partial charge in [-0.05, 0) is 18.6 Å². The van der Waals surface area contributed by atoms with E-state index in [9.17, 15) is 24.7 Å². The number of carboxylic acid groups (broad SMARTS) is 1. The molecule has 33 heavy (non-hydrogen) atoms. The zero-order valence-corrected chi connectivity index (χ0v) is 21.8. The summed E-state index contributed by atoms with van der Waals surface area (Å²) >= 11 is 3.77. The Labute approximate surface area is 221 Å². The molecule has 2 amide bonds. The molecule has 1 fully saturated rings. The van der Waals surface area contributed by atoms with Gasteiger partial charge in [0.05, 0.1) is 22.9 Å². The Balaban J connectivity index is 0.00000306. The Morgan fingerprint density at radius 2 is 2.15 bits per heavy atom. The third-order valence-electron chi connectivity index (χ3n) is 4.78. The molecule has 0 aromatic carbocycles. The standard InChI is InChI=1S/C18H16N6O5S3.Na/c1-7-10(32-6-20-7)3-2-8-4-30-16-12(15(26)24(16)13(8)17(27)28)22-14(25)11(23-29)9-5-31-18(19)21-9;/h2-3,5-6,12,16,29H,4H2,1H3,(H2,19,21)(H,22,25)(H,27,28);/q;+1/p-1/t12?,16-;/m1./s1. The number of aromatic nitrogens is 2. The second kappa shape index (κ2) is 10.4. The summed E-state index contributed by atoms with van der Waals surface area (Å²) in [6.07, 6.45) is 3.39. The number of rotatable bonds is 6. The van der Waals surface area contributed by atoms with Gasteiger partial charge in [-0.1, -0.05) is 11.2 Å². The van der Waals surface area contributed by atoms with Gasteiger partial charge >= 0.3 is 29.6 Å². The van der Waals surface area contributed by atoms with Crippen molar-refractivity contribution in [1.29, 1.82) is 0 Å². The number of nitrogens with one attached hydrogen (secondary N) is 1. The van der Waals surface area contributed by atoms with Crippen molar-refractivity contribution < 1.29 is 54.3 Å². The number of fused-ring (bicyclic) bond motifs is 1. The molecule has 11 nitrogen and oxygen atoms in total. The first-order chi connectivity index (χ1) is 15.3. The van der Waals surface area contributed by atoms with Crippen LogP contribution in [0.15, 0.2) is 33.4 Å². The van der Waals surface area contributed by atoms with E-state index in [1.807, 2.05) is 6.92 Å². The molecule has 2 aliphatic heterocycles. The number of oxime groups is 1. The zero-order valence-electron chi connectivity index (χ0n) is 17.3. The van der Waals surface area contributed by atoms with Gasteiger partial charge in [0, 0.05) is 16.0 Å². The van der Waals surface area contributed by atoms with Gasteiger partial charge in [-0.15, -0.1) is 34.4 Å². The van der Waals surface area contributed by atoms with Gasteiger partial charge in [-0.3, -0.25) is 14.5 Å². The number of allylic oxidation sites excluding steroid dienone is 1. The monoisotopic (exact) mass is 514 g/mol. The van der Waals surface area contributed by atoms with E-state index in [2.05, 4.69) is 20.4 Å². The van der Waals surface area contributed by atoms with Crippen LogP contribution in [0, 0.1) is 6.92 Å². The summed E-state index contributed by atoms with van der Waals surface area (Å²) in [5, 5.41) is 27.5. The average Bonchev–Trinajstić information content (AvgIpc) is 3.37. The number of anilines is 1. The van der Waals surface area contributed by atoms with Gasteiger partial charge < -0.3 is 26.2 Å². The first-order valence-corrected chi connectivity index (χ1v) is 11.8. The smallest absolute Gasteiger partial charge is 0.543 e. The van der Waals surface area contributed by atoms with Crippen LogP contribution >= 0.6 is 34.4 Å². The zero-order chi connectivity index (χ0) is 23.0. The number of hydrogen-bond donors (Lipinski definition) is 3. The first-order valence-electron chi connectivity index (χ1n) is 9.03. The van der Waals surface area contributed by atoms with Crippen molar-refractivity contribution in [2.75, 3.05) is 11.5 Å². The molecule has 2 aromatic rings. The number of carbonyl (C=O) groups is 3. The van der Waals surface area contributed by atoms with E-state index in [4.69, 9.17) is 5.73 Å². The van der Waals surface area contributed by atoms with Crippen LogP contribution in [-0.2, 0) is 14.4 Å². The summed E-state index contributed by atoms with van der Waals surface area (Å²) < 4.78 is 0. The second-order valence-corrected chi connectivity index (χ2v) is 9.56. The van der Waals surface area contributed by atoms with Crippen molar-refractivity contribution in [2.45, 2.75) is 18.3 Å². The van der Waals surface area contributed by atoms with E-state index in [0.717, 1.165) is 26.8 Å². The molecular formula is C18H15N6NaO5S3. The van der Waals surface area contributed by atoms with Crippen molar-refractivity contribution in [3.05, 3.63) is 44.5 Å². The minimum absolute atomic E-state index is 0. The Bertz CT molecular complexity index is 1210. The maximum Gasteiger partial charge on any atom is 1.00 e. The number of β-lactam (4-membered cyclic amide) rings is 1. The Kier molecular flexibility index (Phi) is 7.97. The van der Waals surface area contributed by atoms with E-state index in [1.54, 1.807) is 17.7 Å². The maximum atomic E-state index is 12.7. The van der Waals surface area contributed by atoms with Crippen LogP contribution in [0.5, 0.6) is 0 Å². The van der Waals surface area contributed by atoms with Crippen LogP contribution in [0.3, 0.4) is 0 Å². The minimum atomic E-state index is -1.48. The summed E-state index contributed by atoms with van der Waals surface area (Å²) in [6.45, 7) is 1.84. The van der Waals surface area contributed by atoms with E-state index < -0.39 is 34.9 Å². The first kappa shape index (κ1) is 25.4. The maximum absolute atomic E-state index is 12.7. The average molecular weight is 515 g/mol. The molecule has 2 atom stereocenters. The molecule has 0 aliphatic carbocycles. The fourth-order valence-electron chi connectivity index (χ4n) is 3.23. The molecule has 4 heterocycles. The summed E-state index contributed by atoms with van der Waals surface area (Å²) in [7, 11) is 0. The number of thioether (sulfide) groups is 1. The summed E-state index contributed by atoms with van der Waals surface area (Å²) in [4.78, 5) is 47.1. The predicted molar refractivity (Wildman–Crippen MR) is 118 cm³/mol. The molecule has 4 rings (SSSR count). The van der Waals surface area contributed by atoms with Gasteiger partial charge in [0.25, 0.3) is 11.8 Å². The number of hydrogen-bond acceptors (Lipinski definition) is 12. The fourth-order valence-corrected chi connectivity index (χ4v) is 5.79. The molecule has 2 aliphatic rings. The van der Waals surface area contributed by atoms with E-state index in [1.165, 1.54) is 28.5 Å². The third-order valence-corrected chi connectivity index (χ3v) is 7.65. The number of amides is 2. The molecule has 15 heteroatoms. The van der Waals surface area contributed by atoms with Crippen LogP contribution in [0.25, 0.3) is 6.08 Å². The van der Waals surface area contributed by atoms with E-state index >= 15 is 0 Å². The number of carbonyl (C=O) groups excluding carboxylic acids is 3. The van der Waals surface area contributed by atoms with Crippen molar-refractivity contribution in [3.63, 3.8) is 0 Å². The second-order valence-electron chi connectivity index (χ2n) is 6.68. The van der Waals surface area contributed by atoms with Crippen LogP contribution in [-0.4, -0.2) is 60.7 Å². The number of nitrogens with zero attached hydrogens (tertiary/aromatic N) is 4. The summed E-state index contributed by atoms with van der Waals surface area (Å²) in [5.74, 6) is -2.63. The number of nitrogens with two attached hydrogens (primary N) is 1. The number of carboxylic acids is 1. The number of thiazole rings is 2. The molecule has 0 bridgehead atoms. The van der Waals surface area contributed by atoms with Gasteiger partial charge in [-0.2, -0.15) is 0 Å². The Morgan fingerprint density at radius 3 is 2.73 bits per heavy atom. The van der Waals surface area contributed by atoms with Crippen LogP contribution in [0.2, 0.25) is 0 Å².